The summed E-state index contributed by atoms with van der Waals surface area (Å²) in [6, 6.07) is 9.77. The van der Waals surface area contributed by atoms with Gasteiger partial charge in [0.15, 0.2) is 0 Å². The summed E-state index contributed by atoms with van der Waals surface area (Å²) in [6.45, 7) is 0. The van der Waals surface area contributed by atoms with E-state index in [0.29, 0.717) is 22.6 Å². The Labute approximate surface area is 109 Å². The van der Waals surface area contributed by atoms with E-state index in [0.717, 1.165) is 0 Å². The molecule has 0 saturated carbocycles. The standard InChI is InChI=1S/C14H12ClF2N/c15-13-5-4-12(17)7-10(13)8-14(18)9-2-1-3-11(16)6-9/h1-7,14H,8,18H2. The van der Waals surface area contributed by atoms with Gasteiger partial charge in [0.25, 0.3) is 0 Å². The monoisotopic (exact) mass is 267 g/mol. The molecule has 0 spiro atoms. The summed E-state index contributed by atoms with van der Waals surface area (Å²) in [5, 5.41) is 0.461. The average molecular weight is 268 g/mol. The van der Waals surface area contributed by atoms with Crippen molar-refractivity contribution >= 4 is 11.6 Å². The highest BCUT2D eigenvalue weighted by Crippen LogP contribution is 2.23. The first kappa shape index (κ1) is 13.0. The molecule has 1 unspecified atom stereocenters. The highest BCUT2D eigenvalue weighted by atomic mass is 35.5. The molecule has 2 aromatic carbocycles. The van der Waals surface area contributed by atoms with Crippen molar-refractivity contribution in [2.45, 2.75) is 12.5 Å². The molecule has 94 valence electrons. The van der Waals surface area contributed by atoms with E-state index in [2.05, 4.69) is 0 Å². The number of rotatable bonds is 3. The first-order chi connectivity index (χ1) is 8.56. The number of benzene rings is 2. The van der Waals surface area contributed by atoms with Gasteiger partial charge in [-0.05, 0) is 47.9 Å². The molecule has 0 radical (unpaired) electrons. The fraction of sp³-hybridized carbons (Fsp3) is 0.143. The largest absolute Gasteiger partial charge is 0.324 e. The molecule has 0 aliphatic carbocycles. The van der Waals surface area contributed by atoms with Gasteiger partial charge in [-0.15, -0.1) is 0 Å². The SMILES string of the molecule is NC(Cc1cc(F)ccc1Cl)c1cccc(F)c1. The Morgan fingerprint density at radius 1 is 1.06 bits per heavy atom. The van der Waals surface area contributed by atoms with Gasteiger partial charge >= 0.3 is 0 Å². The molecule has 0 saturated heterocycles. The van der Waals surface area contributed by atoms with Crippen molar-refractivity contribution in [1.82, 2.24) is 0 Å². The van der Waals surface area contributed by atoms with Crippen LogP contribution in [0, 0.1) is 11.6 Å². The fourth-order valence-corrected chi connectivity index (χ4v) is 1.99. The Morgan fingerprint density at radius 2 is 1.78 bits per heavy atom. The lowest BCUT2D eigenvalue weighted by molar-refractivity contribution is 0.614. The fourth-order valence-electron chi connectivity index (χ4n) is 1.79. The van der Waals surface area contributed by atoms with Crippen LogP contribution in [-0.2, 0) is 6.42 Å². The molecule has 0 amide bonds. The third-order valence-electron chi connectivity index (χ3n) is 2.72. The second-order valence-electron chi connectivity index (χ2n) is 4.10. The highest BCUT2D eigenvalue weighted by Gasteiger charge is 2.11. The van der Waals surface area contributed by atoms with Gasteiger partial charge < -0.3 is 5.73 Å². The number of hydrogen-bond donors (Lipinski definition) is 1. The Morgan fingerprint density at radius 3 is 2.50 bits per heavy atom. The Bertz CT molecular complexity index is 557. The van der Waals surface area contributed by atoms with Gasteiger partial charge in [-0.2, -0.15) is 0 Å². The van der Waals surface area contributed by atoms with Crippen LogP contribution in [0.15, 0.2) is 42.5 Å². The molecule has 1 nitrogen and oxygen atoms in total. The lowest BCUT2D eigenvalue weighted by Crippen LogP contribution is -2.13. The van der Waals surface area contributed by atoms with Crippen molar-refractivity contribution < 1.29 is 8.78 Å². The maximum Gasteiger partial charge on any atom is 0.123 e. The molecule has 0 aliphatic rings. The molecule has 4 heteroatoms. The lowest BCUT2D eigenvalue weighted by Gasteiger charge is -2.13. The van der Waals surface area contributed by atoms with Crippen LogP contribution < -0.4 is 5.73 Å². The van der Waals surface area contributed by atoms with Gasteiger partial charge in [0.1, 0.15) is 11.6 Å². The molecule has 2 aromatic rings. The topological polar surface area (TPSA) is 26.0 Å². The quantitative estimate of drug-likeness (QED) is 0.898. The zero-order chi connectivity index (χ0) is 13.1. The van der Waals surface area contributed by atoms with Crippen molar-refractivity contribution in [2.24, 2.45) is 5.73 Å². The van der Waals surface area contributed by atoms with Crippen molar-refractivity contribution in [3.05, 3.63) is 70.2 Å². The minimum absolute atomic E-state index is 0.340. The maximum absolute atomic E-state index is 13.1. The summed E-state index contributed by atoms with van der Waals surface area (Å²) in [5.41, 5.74) is 7.25. The second kappa shape index (κ2) is 5.46. The molecule has 0 bridgehead atoms. The van der Waals surface area contributed by atoms with E-state index in [1.54, 1.807) is 12.1 Å². The summed E-state index contributed by atoms with van der Waals surface area (Å²) < 4.78 is 26.2. The summed E-state index contributed by atoms with van der Waals surface area (Å²) in [5.74, 6) is -0.700. The van der Waals surface area contributed by atoms with Gasteiger partial charge in [-0.3, -0.25) is 0 Å². The predicted molar refractivity (Wildman–Crippen MR) is 68.4 cm³/mol. The Kier molecular flexibility index (Phi) is 3.94. The zero-order valence-corrected chi connectivity index (χ0v) is 10.3. The molecular weight excluding hydrogens is 256 g/mol. The molecule has 1 atom stereocenters. The molecule has 18 heavy (non-hydrogen) atoms. The van der Waals surface area contributed by atoms with Crippen molar-refractivity contribution in [3.8, 4) is 0 Å². The molecular formula is C14H12ClF2N. The van der Waals surface area contributed by atoms with Gasteiger partial charge in [-0.1, -0.05) is 23.7 Å². The third-order valence-corrected chi connectivity index (χ3v) is 3.09. The van der Waals surface area contributed by atoms with Gasteiger partial charge in [0.05, 0.1) is 0 Å². The van der Waals surface area contributed by atoms with Crippen LogP contribution in [0.5, 0.6) is 0 Å². The molecule has 0 aliphatic heterocycles. The summed E-state index contributed by atoms with van der Waals surface area (Å²) in [4.78, 5) is 0. The smallest absolute Gasteiger partial charge is 0.123 e. The van der Waals surface area contributed by atoms with Crippen LogP contribution in [0.25, 0.3) is 0 Å². The first-order valence-corrected chi connectivity index (χ1v) is 5.89. The van der Waals surface area contributed by atoms with Crippen molar-refractivity contribution in [3.63, 3.8) is 0 Å². The second-order valence-corrected chi connectivity index (χ2v) is 4.51. The summed E-state index contributed by atoms with van der Waals surface area (Å²) >= 11 is 5.96. The summed E-state index contributed by atoms with van der Waals surface area (Å²) in [7, 11) is 0. The number of hydrogen-bond acceptors (Lipinski definition) is 1. The molecule has 0 aromatic heterocycles. The van der Waals surface area contributed by atoms with Crippen molar-refractivity contribution in [2.75, 3.05) is 0 Å². The van der Waals surface area contributed by atoms with E-state index in [1.807, 2.05) is 0 Å². The zero-order valence-electron chi connectivity index (χ0n) is 9.54. The van der Waals surface area contributed by atoms with Crippen LogP contribution in [0.4, 0.5) is 8.78 Å². The minimum atomic E-state index is -0.417. The van der Waals surface area contributed by atoms with E-state index in [-0.39, 0.29) is 11.6 Å². The number of halogens is 3. The maximum atomic E-state index is 13.1. The Balaban J connectivity index is 2.21. The molecule has 0 fully saturated rings. The van der Waals surface area contributed by atoms with Gasteiger partial charge in [0, 0.05) is 11.1 Å². The third kappa shape index (κ3) is 3.06. The first-order valence-electron chi connectivity index (χ1n) is 5.51. The van der Waals surface area contributed by atoms with Crippen LogP contribution in [0.3, 0.4) is 0 Å². The normalized spacial score (nSPS) is 12.4. The van der Waals surface area contributed by atoms with Gasteiger partial charge in [0.2, 0.25) is 0 Å². The summed E-state index contributed by atoms with van der Waals surface area (Å²) in [6.07, 6.45) is 0.361. The molecule has 0 heterocycles. The molecule has 2 N–H and O–H groups in total. The van der Waals surface area contributed by atoms with E-state index in [4.69, 9.17) is 17.3 Å². The highest BCUT2D eigenvalue weighted by molar-refractivity contribution is 6.31. The van der Waals surface area contributed by atoms with Crippen LogP contribution in [0.1, 0.15) is 17.2 Å². The van der Waals surface area contributed by atoms with E-state index < -0.39 is 6.04 Å². The van der Waals surface area contributed by atoms with Crippen LogP contribution in [0.2, 0.25) is 5.02 Å². The predicted octanol–water partition coefficient (Wildman–Crippen LogP) is 3.86. The van der Waals surface area contributed by atoms with Crippen LogP contribution >= 0.6 is 11.6 Å². The lowest BCUT2D eigenvalue weighted by atomic mass is 9.99. The van der Waals surface area contributed by atoms with E-state index in [9.17, 15) is 8.78 Å². The average Bonchev–Trinajstić information content (AvgIpc) is 2.34. The Hall–Kier alpha value is -1.45. The van der Waals surface area contributed by atoms with E-state index in [1.165, 1.54) is 30.3 Å². The van der Waals surface area contributed by atoms with E-state index >= 15 is 0 Å². The van der Waals surface area contributed by atoms with Gasteiger partial charge in [-0.25, -0.2) is 8.78 Å². The van der Waals surface area contributed by atoms with Crippen LogP contribution in [-0.4, -0.2) is 0 Å². The molecule has 2 rings (SSSR count). The minimum Gasteiger partial charge on any atom is -0.324 e. The number of nitrogens with two attached hydrogens (primary N) is 1. The van der Waals surface area contributed by atoms with Crippen molar-refractivity contribution in [1.29, 1.82) is 0 Å².